The molecule has 1 fully saturated rings. The van der Waals surface area contributed by atoms with Gasteiger partial charge in [0.2, 0.25) is 21.8 Å². The van der Waals surface area contributed by atoms with Gasteiger partial charge in [-0.2, -0.15) is 0 Å². The van der Waals surface area contributed by atoms with Crippen LogP contribution in [0.25, 0.3) is 0 Å². The maximum Gasteiger partial charge on any atom is 0.244 e. The monoisotopic (exact) mass is 643 g/mol. The molecule has 218 valence electrons. The average molecular weight is 645 g/mol. The first kappa shape index (κ1) is 30.7. The third-order valence-corrected chi connectivity index (χ3v) is 8.93. The predicted octanol–water partition coefficient (Wildman–Crippen LogP) is 5.44. The average Bonchev–Trinajstić information content (AvgIpc) is 2.95. The van der Waals surface area contributed by atoms with Gasteiger partial charge in [0.1, 0.15) is 18.4 Å². The van der Waals surface area contributed by atoms with E-state index in [1.807, 2.05) is 54.6 Å². The van der Waals surface area contributed by atoms with E-state index >= 15 is 0 Å². The summed E-state index contributed by atoms with van der Waals surface area (Å²) in [7, 11) is -3.96. The molecule has 0 heterocycles. The minimum Gasteiger partial charge on any atom is -0.352 e. The number of rotatable bonds is 11. The van der Waals surface area contributed by atoms with Crippen LogP contribution in [0.3, 0.4) is 0 Å². The van der Waals surface area contributed by atoms with Gasteiger partial charge in [-0.25, -0.2) is 12.8 Å². The van der Waals surface area contributed by atoms with Gasteiger partial charge in [0.05, 0.1) is 11.9 Å². The Morgan fingerprint density at radius 1 is 0.951 bits per heavy atom. The highest BCUT2D eigenvalue weighted by Crippen LogP contribution is 2.23. The number of benzene rings is 3. The minimum atomic E-state index is -3.96. The minimum absolute atomic E-state index is 0.0268. The number of nitrogens with zero attached hydrogens (tertiary/aromatic N) is 2. The smallest absolute Gasteiger partial charge is 0.244 e. The Hall–Kier alpha value is -3.24. The van der Waals surface area contributed by atoms with Gasteiger partial charge in [-0.05, 0) is 54.3 Å². The van der Waals surface area contributed by atoms with Gasteiger partial charge < -0.3 is 10.2 Å². The van der Waals surface area contributed by atoms with Crippen LogP contribution in [0, 0.1) is 5.82 Å². The quantitative estimate of drug-likeness (QED) is 0.301. The molecule has 1 N–H and O–H groups in total. The highest BCUT2D eigenvalue weighted by atomic mass is 79.9. The van der Waals surface area contributed by atoms with Crippen molar-refractivity contribution in [3.05, 3.63) is 100 Å². The lowest BCUT2D eigenvalue weighted by Crippen LogP contribution is -2.55. The molecule has 3 aromatic carbocycles. The van der Waals surface area contributed by atoms with Crippen LogP contribution >= 0.6 is 15.9 Å². The molecule has 0 spiro atoms. The van der Waals surface area contributed by atoms with Crippen molar-refractivity contribution in [3.8, 4) is 0 Å². The fraction of sp³-hybridized carbons (Fsp3) is 0.355. The van der Waals surface area contributed by atoms with E-state index in [2.05, 4.69) is 21.2 Å². The maximum absolute atomic E-state index is 14.1. The summed E-state index contributed by atoms with van der Waals surface area (Å²) >= 11 is 3.43. The van der Waals surface area contributed by atoms with Crippen LogP contribution in [0.2, 0.25) is 0 Å². The van der Waals surface area contributed by atoms with E-state index in [1.165, 1.54) is 23.1 Å². The summed E-state index contributed by atoms with van der Waals surface area (Å²) in [5, 5.41) is 3.17. The first-order chi connectivity index (χ1) is 19.6. The second kappa shape index (κ2) is 14.1. The topological polar surface area (TPSA) is 86.8 Å². The standard InChI is InChI=1S/C31H35BrFN3O4S/c1-41(39,40)36(28-14-8-11-26(33)20-28)22-30(37)35(21-24-15-17-25(32)18-16-24)29(19-23-9-4-2-5-10-23)31(38)34-27-12-6-3-7-13-27/h2,4-5,8-11,14-18,20,27,29H,3,6-7,12-13,19,21-22H2,1H3,(H,34,38)/t29-/m1/s1. The Balaban J connectivity index is 1.71. The zero-order chi connectivity index (χ0) is 29.4. The molecule has 0 unspecified atom stereocenters. The zero-order valence-electron chi connectivity index (χ0n) is 23.0. The Morgan fingerprint density at radius 3 is 2.27 bits per heavy atom. The van der Waals surface area contributed by atoms with E-state index in [9.17, 15) is 22.4 Å². The lowest BCUT2D eigenvalue weighted by molar-refractivity contribution is -0.140. The SMILES string of the molecule is CS(=O)(=O)N(CC(=O)N(Cc1ccc(Br)cc1)[C@H](Cc1ccccc1)C(=O)NC1CCCCC1)c1cccc(F)c1. The van der Waals surface area contributed by atoms with Crippen molar-refractivity contribution in [2.75, 3.05) is 17.1 Å². The normalized spacial score (nSPS) is 14.7. The van der Waals surface area contributed by atoms with Gasteiger partial charge in [0.15, 0.2) is 0 Å². The highest BCUT2D eigenvalue weighted by Gasteiger charge is 2.34. The molecule has 0 radical (unpaired) electrons. The van der Waals surface area contributed by atoms with Crippen molar-refractivity contribution in [1.29, 1.82) is 0 Å². The van der Waals surface area contributed by atoms with E-state index < -0.39 is 34.3 Å². The van der Waals surface area contributed by atoms with Gasteiger partial charge in [-0.15, -0.1) is 0 Å². The number of sulfonamides is 1. The largest absolute Gasteiger partial charge is 0.352 e. The van der Waals surface area contributed by atoms with Gasteiger partial charge in [0, 0.05) is 23.5 Å². The molecule has 0 aromatic heterocycles. The summed E-state index contributed by atoms with van der Waals surface area (Å²) in [4.78, 5) is 29.5. The van der Waals surface area contributed by atoms with Crippen LogP contribution in [0.5, 0.6) is 0 Å². The third-order valence-electron chi connectivity index (χ3n) is 7.26. The second-order valence-corrected chi connectivity index (χ2v) is 13.3. The van der Waals surface area contributed by atoms with Gasteiger partial charge >= 0.3 is 0 Å². The van der Waals surface area contributed by atoms with Gasteiger partial charge in [-0.3, -0.25) is 13.9 Å². The predicted molar refractivity (Wildman–Crippen MR) is 162 cm³/mol. The van der Waals surface area contributed by atoms with Crippen LogP contribution in [0.15, 0.2) is 83.3 Å². The maximum atomic E-state index is 14.1. The molecule has 0 bridgehead atoms. The summed E-state index contributed by atoms with van der Waals surface area (Å²) in [6.07, 6.45) is 6.19. The first-order valence-corrected chi connectivity index (χ1v) is 16.4. The molecule has 0 saturated heterocycles. The Morgan fingerprint density at radius 2 is 1.63 bits per heavy atom. The van der Waals surface area contributed by atoms with Crippen LogP contribution in [-0.2, 0) is 32.6 Å². The van der Waals surface area contributed by atoms with E-state index in [1.54, 1.807) is 0 Å². The fourth-order valence-electron chi connectivity index (χ4n) is 5.13. The number of halogens is 2. The zero-order valence-corrected chi connectivity index (χ0v) is 25.4. The number of hydrogen-bond acceptors (Lipinski definition) is 4. The summed E-state index contributed by atoms with van der Waals surface area (Å²) < 4.78 is 41.4. The van der Waals surface area contributed by atoms with Crippen LogP contribution in [-0.4, -0.2) is 50.0 Å². The summed E-state index contributed by atoms with van der Waals surface area (Å²) in [5.41, 5.74) is 1.69. The molecule has 3 aromatic rings. The molecule has 1 atom stereocenters. The number of amides is 2. The molecule has 4 rings (SSSR count). The fourth-order valence-corrected chi connectivity index (χ4v) is 6.24. The van der Waals surface area contributed by atoms with Crippen LogP contribution in [0.1, 0.15) is 43.2 Å². The van der Waals surface area contributed by atoms with Crippen molar-refractivity contribution in [2.24, 2.45) is 0 Å². The van der Waals surface area contributed by atoms with Crippen LogP contribution in [0.4, 0.5) is 10.1 Å². The Bertz CT molecular complexity index is 1430. The van der Waals surface area contributed by atoms with Gasteiger partial charge in [-0.1, -0.05) is 83.7 Å². The molecule has 1 aliphatic rings. The van der Waals surface area contributed by atoms with Crippen molar-refractivity contribution in [2.45, 2.75) is 57.2 Å². The number of hydrogen-bond donors (Lipinski definition) is 1. The number of nitrogens with one attached hydrogen (secondary N) is 1. The lowest BCUT2D eigenvalue weighted by Gasteiger charge is -2.35. The Kier molecular flexibility index (Phi) is 10.6. The number of carbonyl (C=O) groups is 2. The summed E-state index contributed by atoms with van der Waals surface area (Å²) in [6, 6.07) is 21.1. The molecule has 0 aliphatic heterocycles. The highest BCUT2D eigenvalue weighted by molar-refractivity contribution is 9.10. The lowest BCUT2D eigenvalue weighted by atomic mass is 9.94. The molecule has 41 heavy (non-hydrogen) atoms. The van der Waals surface area contributed by atoms with Crippen molar-refractivity contribution in [3.63, 3.8) is 0 Å². The molecule has 2 amide bonds. The summed E-state index contributed by atoms with van der Waals surface area (Å²) in [6.45, 7) is -0.497. The van der Waals surface area contributed by atoms with Crippen molar-refractivity contribution >= 4 is 43.5 Å². The second-order valence-electron chi connectivity index (χ2n) is 10.4. The van der Waals surface area contributed by atoms with E-state index in [-0.39, 0.29) is 30.6 Å². The molecule has 10 heteroatoms. The van der Waals surface area contributed by atoms with E-state index in [4.69, 9.17) is 0 Å². The molecule has 1 aliphatic carbocycles. The van der Waals surface area contributed by atoms with Crippen molar-refractivity contribution < 1.29 is 22.4 Å². The first-order valence-electron chi connectivity index (χ1n) is 13.7. The number of carbonyl (C=O) groups excluding carboxylic acids is 2. The molecule has 7 nitrogen and oxygen atoms in total. The van der Waals surface area contributed by atoms with E-state index in [0.29, 0.717) is 0 Å². The van der Waals surface area contributed by atoms with E-state index in [0.717, 1.165) is 64.3 Å². The Labute approximate surface area is 249 Å². The molecular formula is C31H35BrFN3O4S. The van der Waals surface area contributed by atoms with Crippen molar-refractivity contribution in [1.82, 2.24) is 10.2 Å². The van der Waals surface area contributed by atoms with Crippen LogP contribution < -0.4 is 9.62 Å². The number of anilines is 1. The molecule has 1 saturated carbocycles. The summed E-state index contributed by atoms with van der Waals surface area (Å²) in [5.74, 6) is -1.46. The molecular weight excluding hydrogens is 609 g/mol. The van der Waals surface area contributed by atoms with Gasteiger partial charge in [0.25, 0.3) is 0 Å². The third kappa shape index (κ3) is 8.87.